The van der Waals surface area contributed by atoms with Gasteiger partial charge in [-0.05, 0) is 35.6 Å². The van der Waals surface area contributed by atoms with Crippen LogP contribution in [0.2, 0.25) is 0 Å². The zero-order chi connectivity index (χ0) is 31.7. The van der Waals surface area contributed by atoms with Gasteiger partial charge in [0.05, 0.1) is 22.1 Å². The Bertz CT molecular complexity index is 2300. The fourth-order valence-electron chi connectivity index (χ4n) is 6.93. The van der Waals surface area contributed by atoms with E-state index >= 15 is 0 Å². The molecule has 10 aromatic rings. The molecule has 0 saturated carbocycles. The van der Waals surface area contributed by atoms with Crippen LogP contribution in [0, 0.1) is 0 Å². The van der Waals surface area contributed by atoms with Crippen molar-refractivity contribution < 1.29 is 18.5 Å². The second-order valence-corrected chi connectivity index (χ2v) is 22.8. The van der Waals surface area contributed by atoms with E-state index in [4.69, 9.17) is 0 Å². The maximum Gasteiger partial charge on any atom is 0.0523 e. The summed E-state index contributed by atoms with van der Waals surface area (Å²) in [5.41, 5.74) is 7.52. The second kappa shape index (κ2) is 13.2. The predicted molar refractivity (Wildman–Crippen MR) is 206 cm³/mol. The summed E-state index contributed by atoms with van der Waals surface area (Å²) >= 11 is 6.32. The zero-order valence-electron chi connectivity index (χ0n) is 25.3. The van der Waals surface area contributed by atoms with Gasteiger partial charge in [0.25, 0.3) is 0 Å². The van der Waals surface area contributed by atoms with Crippen molar-refractivity contribution in [3.05, 3.63) is 170 Å². The Labute approximate surface area is 296 Å². The minimum absolute atomic E-state index is 0.145. The average molecular weight is 812 g/mol. The first kappa shape index (κ1) is 30.3. The van der Waals surface area contributed by atoms with E-state index in [9.17, 15) is 0 Å². The van der Waals surface area contributed by atoms with Gasteiger partial charge >= 0.3 is 43.0 Å². The minimum atomic E-state index is -0.145. The number of para-hydroxylation sites is 4. The second-order valence-electron chi connectivity index (χ2n) is 11.5. The molecule has 0 aliphatic rings. The first-order chi connectivity index (χ1) is 23.2. The largest absolute Gasteiger partial charge is 0.328 e. The van der Waals surface area contributed by atoms with Crippen LogP contribution in [0.15, 0.2) is 170 Å². The van der Waals surface area contributed by atoms with E-state index in [2.05, 4.69) is 203 Å². The molecule has 0 unspecified atom stereocenters. The van der Waals surface area contributed by atoms with Crippen molar-refractivity contribution in [1.82, 2.24) is 9.13 Å². The van der Waals surface area contributed by atoms with Crippen LogP contribution in [0.4, 0.5) is 0 Å². The van der Waals surface area contributed by atoms with E-state index in [0.717, 1.165) is 0 Å². The van der Waals surface area contributed by atoms with Crippen molar-refractivity contribution in [2.45, 2.75) is 0 Å². The molecule has 0 N–H and O–H groups in total. The molecular formula is C42H28Br2N2Zr. The van der Waals surface area contributed by atoms with E-state index in [1.165, 1.54) is 76.5 Å². The quantitative estimate of drug-likeness (QED) is 0.154. The molecule has 2 heterocycles. The number of benzene rings is 6. The van der Waals surface area contributed by atoms with E-state index in [0.29, 0.717) is 0 Å². The number of rotatable bonds is 2. The molecule has 224 valence electrons. The van der Waals surface area contributed by atoms with Gasteiger partial charge in [-0.2, -0.15) is 0 Å². The summed E-state index contributed by atoms with van der Waals surface area (Å²) in [6.07, 6.45) is 0. The Morgan fingerprint density at radius 3 is 0.979 bits per heavy atom. The Balaban J connectivity index is 0.000000128. The third-order valence-corrected chi connectivity index (χ3v) is 8.88. The van der Waals surface area contributed by atoms with E-state index in [1.807, 2.05) is 0 Å². The van der Waals surface area contributed by atoms with Crippen molar-refractivity contribution in [2.24, 2.45) is 0 Å². The minimum Gasteiger partial charge on any atom is -0.328 e. The first-order valence-electron chi connectivity index (χ1n) is 15.5. The molecule has 47 heavy (non-hydrogen) atoms. The first-order valence-corrected chi connectivity index (χ1v) is 26.7. The summed E-state index contributed by atoms with van der Waals surface area (Å²) in [6.45, 7) is 0. The van der Waals surface area contributed by atoms with E-state index < -0.39 is 0 Å². The summed E-state index contributed by atoms with van der Waals surface area (Å²) in [7, 11) is 0. The van der Waals surface area contributed by atoms with E-state index in [1.54, 1.807) is 0 Å². The molecule has 0 bridgehead atoms. The number of nitrogens with zero attached hydrogens (tertiary/aromatic N) is 2. The van der Waals surface area contributed by atoms with Crippen molar-refractivity contribution >= 4 is 89.6 Å². The standard InChI is InChI=1S/2C21H14N.2BrH.Zr/c2*1-2-8-16-14-17(13-15(16)7-1)22-20-11-5-3-9-18(20)19-10-4-6-12-21(19)22;;;/h2*1-14H;2*1H;/q2*-1;;;+4/p-2. The molecule has 5 heteroatoms. The molecule has 0 spiro atoms. The van der Waals surface area contributed by atoms with Crippen LogP contribution in [0.5, 0.6) is 0 Å². The molecule has 8 aromatic carbocycles. The van der Waals surface area contributed by atoms with Gasteiger partial charge in [-0.1, -0.05) is 84.9 Å². The average Bonchev–Trinajstić information content (AvgIpc) is 3.89. The molecule has 0 atom stereocenters. The molecule has 0 aliphatic heterocycles. The SMILES string of the molecule is [Br][Zr+2][Br].c1ccc2[cH-]c(-n3c4ccccc4c4ccccc43)cc2c1.c1ccc2[cH-]c(-n3c4ccccc4c4ccccc43)cc2c1. The Morgan fingerprint density at radius 2 is 0.660 bits per heavy atom. The molecule has 10 rings (SSSR count). The third-order valence-electron chi connectivity index (χ3n) is 8.88. The topological polar surface area (TPSA) is 9.86 Å². The molecule has 0 fully saturated rings. The van der Waals surface area contributed by atoms with Crippen LogP contribution < -0.4 is 0 Å². The molecule has 0 saturated heterocycles. The number of aromatic nitrogens is 2. The maximum atomic E-state index is 3.23. The van der Waals surface area contributed by atoms with Gasteiger partial charge in [0.15, 0.2) is 0 Å². The Hall–Kier alpha value is -4.02. The van der Waals surface area contributed by atoms with Crippen LogP contribution >= 0.6 is 24.4 Å². The number of fused-ring (bicyclic) bond motifs is 8. The molecule has 0 aliphatic carbocycles. The van der Waals surface area contributed by atoms with Gasteiger partial charge in [-0.25, -0.2) is 0 Å². The van der Waals surface area contributed by atoms with E-state index in [-0.39, 0.29) is 18.5 Å². The van der Waals surface area contributed by atoms with Gasteiger partial charge in [0, 0.05) is 21.5 Å². The van der Waals surface area contributed by atoms with Gasteiger partial charge in [-0.3, -0.25) is 0 Å². The van der Waals surface area contributed by atoms with Gasteiger partial charge < -0.3 is 9.13 Å². The summed E-state index contributed by atoms with van der Waals surface area (Å²) in [6, 6.07) is 60.7. The predicted octanol–water partition coefficient (Wildman–Crippen LogP) is 13.0. The maximum absolute atomic E-state index is 3.23. The molecule has 0 amide bonds. The fraction of sp³-hybridized carbons (Fsp3) is 0. The summed E-state index contributed by atoms with van der Waals surface area (Å²) in [4.78, 5) is 0. The van der Waals surface area contributed by atoms with Crippen LogP contribution in [-0.4, -0.2) is 9.13 Å². The third kappa shape index (κ3) is 5.55. The van der Waals surface area contributed by atoms with Crippen LogP contribution in [-0.2, 0) is 18.5 Å². The number of hydrogen-bond donors (Lipinski definition) is 0. The Morgan fingerprint density at radius 1 is 0.383 bits per heavy atom. The van der Waals surface area contributed by atoms with Crippen LogP contribution in [0.1, 0.15) is 0 Å². The summed E-state index contributed by atoms with van der Waals surface area (Å²) in [5, 5.41) is 10.4. The van der Waals surface area contributed by atoms with Gasteiger partial charge in [0.2, 0.25) is 0 Å². The molecular weight excluding hydrogens is 784 g/mol. The van der Waals surface area contributed by atoms with Gasteiger partial charge in [-0.15, -0.1) is 82.2 Å². The van der Waals surface area contributed by atoms with Crippen LogP contribution in [0.3, 0.4) is 0 Å². The molecule has 2 aromatic heterocycles. The monoisotopic (exact) mass is 808 g/mol. The summed E-state index contributed by atoms with van der Waals surface area (Å²) in [5.74, 6) is 0. The molecule has 2 nitrogen and oxygen atoms in total. The molecule has 0 radical (unpaired) electrons. The summed E-state index contributed by atoms with van der Waals surface area (Å²) < 4.78 is 4.73. The Kier molecular flexibility index (Phi) is 8.54. The normalized spacial score (nSPS) is 11.1. The van der Waals surface area contributed by atoms with Crippen LogP contribution in [0.25, 0.3) is 76.5 Å². The van der Waals surface area contributed by atoms with Crippen molar-refractivity contribution in [3.63, 3.8) is 0 Å². The van der Waals surface area contributed by atoms with Gasteiger partial charge in [0.1, 0.15) is 0 Å². The van der Waals surface area contributed by atoms with Crippen molar-refractivity contribution in [1.29, 1.82) is 0 Å². The smallest absolute Gasteiger partial charge is 0.0523 e. The van der Waals surface area contributed by atoms with Crippen molar-refractivity contribution in [3.8, 4) is 11.4 Å². The van der Waals surface area contributed by atoms with Crippen molar-refractivity contribution in [2.75, 3.05) is 0 Å². The zero-order valence-corrected chi connectivity index (χ0v) is 30.9. The number of halogens is 2. The number of hydrogen-bond acceptors (Lipinski definition) is 0. The fourth-order valence-corrected chi connectivity index (χ4v) is 6.93.